The van der Waals surface area contributed by atoms with Gasteiger partial charge in [0.15, 0.2) is 0 Å². The van der Waals surface area contributed by atoms with E-state index in [4.69, 9.17) is 0 Å². The summed E-state index contributed by atoms with van der Waals surface area (Å²) in [5, 5.41) is 0. The zero-order chi connectivity index (χ0) is 13.9. The molecule has 4 saturated carbocycles. The van der Waals surface area contributed by atoms with Crippen LogP contribution in [0.25, 0.3) is 0 Å². The van der Waals surface area contributed by atoms with E-state index in [1.165, 1.54) is 19.3 Å². The maximum atomic E-state index is 12.3. The highest BCUT2D eigenvalue weighted by Gasteiger charge is 2.56. The lowest BCUT2D eigenvalue weighted by molar-refractivity contribution is -0.134. The molecule has 0 aromatic rings. The Kier molecular flexibility index (Phi) is 2.88. The molecule has 20 heavy (non-hydrogen) atoms. The SMILES string of the molecule is C[C@]12CC[C@@H]3C4CCC(=O)C[C@H]4CC[C@H]3[C@@H]1CCC2=O. The van der Waals surface area contributed by atoms with Crippen molar-refractivity contribution < 1.29 is 9.59 Å². The molecule has 0 spiro atoms. The van der Waals surface area contributed by atoms with Crippen LogP contribution in [-0.4, -0.2) is 11.6 Å². The number of Topliss-reactive ketones (excluding diaryl/α,β-unsaturated/α-hetero) is 2. The van der Waals surface area contributed by atoms with E-state index >= 15 is 0 Å². The lowest BCUT2D eigenvalue weighted by Crippen LogP contribution is -2.48. The largest absolute Gasteiger partial charge is 0.300 e. The monoisotopic (exact) mass is 274 g/mol. The summed E-state index contributed by atoms with van der Waals surface area (Å²) in [7, 11) is 0. The third kappa shape index (κ3) is 1.69. The third-order valence-electron chi connectivity index (χ3n) is 7.47. The second-order valence-corrected chi connectivity index (χ2v) is 8.13. The number of carbonyl (C=O) groups is 2. The van der Waals surface area contributed by atoms with Crippen LogP contribution in [0.5, 0.6) is 0 Å². The van der Waals surface area contributed by atoms with Crippen molar-refractivity contribution in [2.75, 3.05) is 0 Å². The first-order valence-electron chi connectivity index (χ1n) is 8.64. The van der Waals surface area contributed by atoms with Crippen molar-refractivity contribution in [2.24, 2.45) is 35.0 Å². The lowest BCUT2D eigenvalue weighted by atomic mass is 9.50. The summed E-state index contributed by atoms with van der Waals surface area (Å²) >= 11 is 0. The van der Waals surface area contributed by atoms with E-state index in [0.29, 0.717) is 23.4 Å². The molecule has 0 saturated heterocycles. The van der Waals surface area contributed by atoms with Gasteiger partial charge in [-0.05, 0) is 68.1 Å². The Morgan fingerprint density at radius 1 is 0.900 bits per heavy atom. The summed E-state index contributed by atoms with van der Waals surface area (Å²) in [5.41, 5.74) is 0.0124. The summed E-state index contributed by atoms with van der Waals surface area (Å²) in [6.07, 6.45) is 9.70. The molecule has 1 unspecified atom stereocenters. The van der Waals surface area contributed by atoms with Crippen LogP contribution in [0.15, 0.2) is 0 Å². The summed E-state index contributed by atoms with van der Waals surface area (Å²) in [6, 6.07) is 0. The van der Waals surface area contributed by atoms with Gasteiger partial charge in [0.25, 0.3) is 0 Å². The van der Waals surface area contributed by atoms with Crippen molar-refractivity contribution in [3.8, 4) is 0 Å². The van der Waals surface area contributed by atoms with Crippen molar-refractivity contribution >= 4 is 11.6 Å². The van der Waals surface area contributed by atoms with Gasteiger partial charge >= 0.3 is 0 Å². The zero-order valence-electron chi connectivity index (χ0n) is 12.6. The van der Waals surface area contributed by atoms with Crippen LogP contribution < -0.4 is 0 Å². The molecule has 4 fully saturated rings. The predicted molar refractivity (Wildman–Crippen MR) is 77.1 cm³/mol. The second-order valence-electron chi connectivity index (χ2n) is 8.13. The maximum Gasteiger partial charge on any atom is 0.139 e. The van der Waals surface area contributed by atoms with Crippen LogP contribution in [0.4, 0.5) is 0 Å². The number of fused-ring (bicyclic) bond motifs is 5. The third-order valence-corrected chi connectivity index (χ3v) is 7.47. The Balaban J connectivity index is 1.59. The molecule has 0 aromatic heterocycles. The molecule has 4 aliphatic carbocycles. The number of rotatable bonds is 0. The summed E-state index contributed by atoms with van der Waals surface area (Å²) in [5.74, 6) is 4.79. The van der Waals surface area contributed by atoms with E-state index in [0.717, 1.165) is 56.3 Å². The lowest BCUT2D eigenvalue weighted by Gasteiger charge is -2.53. The average Bonchev–Trinajstić information content (AvgIpc) is 2.74. The number of ketones is 2. The predicted octanol–water partition coefficient (Wildman–Crippen LogP) is 3.78. The number of hydrogen-bond acceptors (Lipinski definition) is 2. The molecule has 0 aromatic carbocycles. The molecule has 2 nitrogen and oxygen atoms in total. The topological polar surface area (TPSA) is 34.1 Å². The van der Waals surface area contributed by atoms with Gasteiger partial charge in [0.1, 0.15) is 11.6 Å². The molecule has 0 radical (unpaired) electrons. The second kappa shape index (κ2) is 4.42. The molecule has 4 aliphatic rings. The van der Waals surface area contributed by atoms with Crippen molar-refractivity contribution in [1.29, 1.82) is 0 Å². The van der Waals surface area contributed by atoms with E-state index < -0.39 is 0 Å². The molecule has 2 heteroatoms. The fourth-order valence-electron chi connectivity index (χ4n) is 6.43. The molecule has 110 valence electrons. The van der Waals surface area contributed by atoms with Crippen LogP contribution in [-0.2, 0) is 9.59 Å². The highest BCUT2D eigenvalue weighted by atomic mass is 16.1. The van der Waals surface area contributed by atoms with E-state index in [-0.39, 0.29) is 5.41 Å². The Bertz CT molecular complexity index is 454. The first kappa shape index (κ1) is 13.0. The van der Waals surface area contributed by atoms with Crippen LogP contribution in [0.1, 0.15) is 64.7 Å². The molecule has 0 aliphatic heterocycles. The quantitative estimate of drug-likeness (QED) is 0.673. The minimum absolute atomic E-state index is 0.0124. The Morgan fingerprint density at radius 3 is 2.60 bits per heavy atom. The molecular weight excluding hydrogens is 248 g/mol. The van der Waals surface area contributed by atoms with Gasteiger partial charge in [0.2, 0.25) is 0 Å². The molecule has 6 atom stereocenters. The average molecular weight is 274 g/mol. The molecule has 4 rings (SSSR count). The van der Waals surface area contributed by atoms with Gasteiger partial charge in [-0.15, -0.1) is 0 Å². The number of carbonyl (C=O) groups excluding carboxylic acids is 2. The van der Waals surface area contributed by atoms with Gasteiger partial charge in [0.05, 0.1) is 0 Å². The molecular formula is C18H26O2. The summed E-state index contributed by atoms with van der Waals surface area (Å²) in [4.78, 5) is 24.0. The minimum atomic E-state index is 0.0124. The van der Waals surface area contributed by atoms with Crippen LogP contribution >= 0.6 is 0 Å². The first-order chi connectivity index (χ1) is 9.59. The Labute approximate surface area is 121 Å². The normalized spacial score (nSPS) is 51.4. The van der Waals surface area contributed by atoms with Crippen molar-refractivity contribution in [1.82, 2.24) is 0 Å². The Hall–Kier alpha value is -0.660. The van der Waals surface area contributed by atoms with Gasteiger partial charge in [-0.25, -0.2) is 0 Å². The standard InChI is InChI=1S/C18H26O2/c1-18-9-8-14-13-5-3-12(19)10-11(13)2-4-15(14)16(18)6-7-17(18)20/h11,13-16H,2-10H2,1H3/t11-,13?,14-,15-,16+,18+/m1/s1. The smallest absolute Gasteiger partial charge is 0.139 e. The molecule has 0 amide bonds. The Morgan fingerprint density at radius 2 is 1.75 bits per heavy atom. The van der Waals surface area contributed by atoms with Crippen molar-refractivity contribution in [3.05, 3.63) is 0 Å². The van der Waals surface area contributed by atoms with Crippen LogP contribution in [0.2, 0.25) is 0 Å². The van der Waals surface area contributed by atoms with Crippen LogP contribution in [0.3, 0.4) is 0 Å². The van der Waals surface area contributed by atoms with Crippen molar-refractivity contribution in [2.45, 2.75) is 64.7 Å². The molecule has 0 bridgehead atoms. The zero-order valence-corrected chi connectivity index (χ0v) is 12.6. The van der Waals surface area contributed by atoms with E-state index in [1.807, 2.05) is 0 Å². The maximum absolute atomic E-state index is 12.3. The van der Waals surface area contributed by atoms with Gasteiger partial charge in [0, 0.05) is 24.7 Å². The molecule has 0 heterocycles. The van der Waals surface area contributed by atoms with Gasteiger partial charge in [-0.2, -0.15) is 0 Å². The fraction of sp³-hybridized carbons (Fsp3) is 0.889. The van der Waals surface area contributed by atoms with Gasteiger partial charge < -0.3 is 0 Å². The number of hydrogen-bond donors (Lipinski definition) is 0. The highest BCUT2D eigenvalue weighted by molar-refractivity contribution is 5.87. The van der Waals surface area contributed by atoms with Crippen LogP contribution in [0, 0.1) is 35.0 Å². The first-order valence-corrected chi connectivity index (χ1v) is 8.64. The van der Waals surface area contributed by atoms with E-state index in [1.54, 1.807) is 0 Å². The summed E-state index contributed by atoms with van der Waals surface area (Å²) < 4.78 is 0. The molecule has 0 N–H and O–H groups in total. The highest BCUT2D eigenvalue weighted by Crippen LogP contribution is 2.61. The minimum Gasteiger partial charge on any atom is -0.300 e. The summed E-state index contributed by atoms with van der Waals surface area (Å²) in [6.45, 7) is 2.25. The van der Waals surface area contributed by atoms with E-state index in [9.17, 15) is 9.59 Å². The van der Waals surface area contributed by atoms with Crippen molar-refractivity contribution in [3.63, 3.8) is 0 Å². The van der Waals surface area contributed by atoms with E-state index in [2.05, 4.69) is 6.92 Å². The van der Waals surface area contributed by atoms with Gasteiger partial charge in [-0.1, -0.05) is 6.92 Å². The van der Waals surface area contributed by atoms with Gasteiger partial charge in [-0.3, -0.25) is 9.59 Å². The fourth-order valence-corrected chi connectivity index (χ4v) is 6.43.